The number of nitrogens with one attached hydrogen (secondary N) is 1. The van der Waals surface area contributed by atoms with E-state index in [0.717, 1.165) is 5.56 Å². The van der Waals surface area contributed by atoms with E-state index in [9.17, 15) is 19.7 Å². The molecule has 2 N–H and O–H groups in total. The Hall–Kier alpha value is -5.19. The zero-order chi connectivity index (χ0) is 26.4. The fourth-order valence-electron chi connectivity index (χ4n) is 3.37. The molecule has 1 heterocycles. The molecular formula is C26H21N3O8. The first-order chi connectivity index (χ1) is 17.8. The molecule has 0 aliphatic rings. The van der Waals surface area contributed by atoms with Crippen LogP contribution in [0.25, 0.3) is 11.0 Å². The molecular weight excluding hydrogens is 482 g/mol. The number of nitrogens with zero attached hydrogens (tertiary/aromatic N) is 2. The van der Waals surface area contributed by atoms with Gasteiger partial charge in [0, 0.05) is 17.5 Å². The Labute approximate surface area is 210 Å². The first kappa shape index (κ1) is 24.9. The van der Waals surface area contributed by atoms with Crippen LogP contribution in [-0.4, -0.2) is 34.7 Å². The molecule has 0 radical (unpaired) electrons. The highest BCUT2D eigenvalue weighted by molar-refractivity contribution is 5.97. The highest BCUT2D eigenvalue weighted by atomic mass is 16.6. The Kier molecular flexibility index (Phi) is 7.43. The minimum Gasteiger partial charge on any atom is -0.490 e. The van der Waals surface area contributed by atoms with Crippen molar-refractivity contribution in [1.82, 2.24) is 5.43 Å². The number of fused-ring (bicyclic) bond motifs is 1. The average molecular weight is 503 g/mol. The Morgan fingerprint density at radius 3 is 2.54 bits per heavy atom. The summed E-state index contributed by atoms with van der Waals surface area (Å²) in [5.41, 5.74) is 4.21. The third-order valence-electron chi connectivity index (χ3n) is 5.18. The molecule has 11 nitrogen and oxygen atoms in total. The van der Waals surface area contributed by atoms with E-state index in [4.69, 9.17) is 19.0 Å². The number of aromatic carboxylic acids is 1. The lowest BCUT2D eigenvalue weighted by Crippen LogP contribution is -2.16. The SMILES string of the molecule is CCOc1cc(/C=N\NC(=O)c2cc3cc([N+](=O)[O-])ccc3o2)ccc1OCc1ccc(C(=O)O)cc1. The van der Waals surface area contributed by atoms with Crippen LogP contribution in [0, 0.1) is 10.1 Å². The molecule has 0 spiro atoms. The van der Waals surface area contributed by atoms with Gasteiger partial charge in [-0.25, -0.2) is 10.2 Å². The summed E-state index contributed by atoms with van der Waals surface area (Å²) in [6.07, 6.45) is 1.42. The van der Waals surface area contributed by atoms with Crippen molar-refractivity contribution in [3.63, 3.8) is 0 Å². The lowest BCUT2D eigenvalue weighted by molar-refractivity contribution is -0.384. The van der Waals surface area contributed by atoms with Crippen LogP contribution in [0.1, 0.15) is 39.0 Å². The van der Waals surface area contributed by atoms with Gasteiger partial charge >= 0.3 is 11.9 Å². The highest BCUT2D eigenvalue weighted by Gasteiger charge is 2.15. The molecule has 0 saturated carbocycles. The first-order valence-electron chi connectivity index (χ1n) is 11.1. The Bertz CT molecular complexity index is 1490. The monoisotopic (exact) mass is 503 g/mol. The summed E-state index contributed by atoms with van der Waals surface area (Å²) >= 11 is 0. The quantitative estimate of drug-likeness (QED) is 0.178. The normalized spacial score (nSPS) is 10.9. The summed E-state index contributed by atoms with van der Waals surface area (Å²) in [5.74, 6) is -0.694. The van der Waals surface area contributed by atoms with Crippen LogP contribution in [0.4, 0.5) is 5.69 Å². The minimum absolute atomic E-state index is 0.0391. The van der Waals surface area contributed by atoms with Crippen molar-refractivity contribution in [2.75, 3.05) is 6.61 Å². The van der Waals surface area contributed by atoms with Gasteiger partial charge in [-0.05, 0) is 60.5 Å². The molecule has 0 fully saturated rings. The molecule has 1 aromatic heterocycles. The number of ether oxygens (including phenoxy) is 2. The number of carbonyl (C=O) groups is 2. The first-order valence-corrected chi connectivity index (χ1v) is 11.1. The molecule has 0 atom stereocenters. The molecule has 11 heteroatoms. The maximum absolute atomic E-state index is 12.4. The molecule has 188 valence electrons. The summed E-state index contributed by atoms with van der Waals surface area (Å²) in [7, 11) is 0. The van der Waals surface area contributed by atoms with Gasteiger partial charge in [0.15, 0.2) is 17.3 Å². The van der Waals surface area contributed by atoms with E-state index in [-0.39, 0.29) is 23.6 Å². The fourth-order valence-corrected chi connectivity index (χ4v) is 3.37. The van der Waals surface area contributed by atoms with Gasteiger partial charge in [-0.3, -0.25) is 14.9 Å². The van der Waals surface area contributed by atoms with Crippen LogP contribution in [0.2, 0.25) is 0 Å². The van der Waals surface area contributed by atoms with Gasteiger partial charge in [-0.2, -0.15) is 5.10 Å². The van der Waals surface area contributed by atoms with Crippen molar-refractivity contribution in [1.29, 1.82) is 0 Å². The maximum atomic E-state index is 12.4. The number of hydrogen-bond acceptors (Lipinski definition) is 8. The van der Waals surface area contributed by atoms with Crippen molar-refractivity contribution in [3.05, 3.63) is 99.3 Å². The van der Waals surface area contributed by atoms with E-state index < -0.39 is 16.8 Å². The zero-order valence-electron chi connectivity index (χ0n) is 19.5. The van der Waals surface area contributed by atoms with Crippen LogP contribution in [-0.2, 0) is 6.61 Å². The summed E-state index contributed by atoms with van der Waals surface area (Å²) in [4.78, 5) is 33.8. The number of nitro groups is 1. The number of hydrogen-bond donors (Lipinski definition) is 2. The molecule has 0 bridgehead atoms. The molecule has 1 amide bonds. The third kappa shape index (κ3) is 6.09. The van der Waals surface area contributed by atoms with Crippen LogP contribution in [0.3, 0.4) is 0 Å². The van der Waals surface area contributed by atoms with E-state index in [1.165, 1.54) is 42.6 Å². The fraction of sp³-hybridized carbons (Fsp3) is 0.115. The molecule has 0 aliphatic carbocycles. The number of rotatable bonds is 10. The standard InChI is InChI=1S/C26H21N3O8/c1-2-35-23-11-17(5-9-22(23)36-15-16-3-6-18(7-4-16)26(31)32)14-27-28-25(30)24-13-19-12-20(29(33)34)8-10-21(19)37-24/h3-14H,2,15H2,1H3,(H,28,30)(H,31,32)/b27-14-. The van der Waals surface area contributed by atoms with Crippen molar-refractivity contribution in [3.8, 4) is 11.5 Å². The molecule has 0 saturated heterocycles. The van der Waals surface area contributed by atoms with E-state index in [2.05, 4.69) is 10.5 Å². The van der Waals surface area contributed by atoms with Gasteiger partial charge in [0.05, 0.1) is 23.3 Å². The van der Waals surface area contributed by atoms with E-state index in [1.54, 1.807) is 30.3 Å². The summed E-state index contributed by atoms with van der Waals surface area (Å²) in [5, 5.41) is 24.3. The van der Waals surface area contributed by atoms with Crippen LogP contribution < -0.4 is 14.9 Å². The number of hydrazone groups is 1. The van der Waals surface area contributed by atoms with Crippen molar-refractivity contribution >= 4 is 34.7 Å². The number of carboxylic acids is 1. The second-order valence-corrected chi connectivity index (χ2v) is 7.72. The van der Waals surface area contributed by atoms with Gasteiger partial charge in [0.2, 0.25) is 0 Å². The largest absolute Gasteiger partial charge is 0.490 e. The Morgan fingerprint density at radius 2 is 1.84 bits per heavy atom. The zero-order valence-corrected chi connectivity index (χ0v) is 19.5. The third-order valence-corrected chi connectivity index (χ3v) is 5.18. The van der Waals surface area contributed by atoms with E-state index in [1.807, 2.05) is 6.92 Å². The molecule has 0 unspecified atom stereocenters. The average Bonchev–Trinajstić information content (AvgIpc) is 3.32. The molecule has 4 aromatic rings. The van der Waals surface area contributed by atoms with Crippen molar-refractivity contribution in [2.45, 2.75) is 13.5 Å². The second-order valence-electron chi connectivity index (χ2n) is 7.72. The van der Waals surface area contributed by atoms with Gasteiger partial charge in [0.25, 0.3) is 5.69 Å². The van der Waals surface area contributed by atoms with Crippen LogP contribution >= 0.6 is 0 Å². The molecule has 4 rings (SSSR count). The molecule has 3 aromatic carbocycles. The number of carbonyl (C=O) groups excluding carboxylic acids is 1. The summed E-state index contributed by atoms with van der Waals surface area (Å²) in [6, 6.07) is 16.9. The van der Waals surface area contributed by atoms with Crippen molar-refractivity contribution < 1.29 is 33.5 Å². The lowest BCUT2D eigenvalue weighted by Gasteiger charge is -2.12. The van der Waals surface area contributed by atoms with Crippen molar-refractivity contribution in [2.24, 2.45) is 5.10 Å². The predicted molar refractivity (Wildman–Crippen MR) is 133 cm³/mol. The van der Waals surface area contributed by atoms with Gasteiger partial charge in [0.1, 0.15) is 12.2 Å². The number of non-ortho nitro benzene ring substituents is 1. The predicted octanol–water partition coefficient (Wildman–Crippen LogP) is 4.78. The van der Waals surface area contributed by atoms with E-state index >= 15 is 0 Å². The number of amides is 1. The topological polar surface area (TPSA) is 154 Å². The lowest BCUT2D eigenvalue weighted by atomic mass is 10.1. The number of furan rings is 1. The summed E-state index contributed by atoms with van der Waals surface area (Å²) in [6.45, 7) is 2.44. The Morgan fingerprint density at radius 1 is 1.05 bits per heavy atom. The van der Waals surface area contributed by atoms with Crippen LogP contribution in [0.15, 0.2) is 76.2 Å². The second kappa shape index (κ2) is 11.0. The van der Waals surface area contributed by atoms with E-state index in [0.29, 0.717) is 34.6 Å². The van der Waals surface area contributed by atoms with Crippen LogP contribution in [0.5, 0.6) is 11.5 Å². The van der Waals surface area contributed by atoms with Gasteiger partial charge in [-0.15, -0.1) is 0 Å². The molecule has 0 aliphatic heterocycles. The van der Waals surface area contributed by atoms with Gasteiger partial charge in [-0.1, -0.05) is 12.1 Å². The molecule has 37 heavy (non-hydrogen) atoms. The number of benzene rings is 3. The number of carboxylic acid groups (broad SMARTS) is 1. The summed E-state index contributed by atoms with van der Waals surface area (Å²) < 4.78 is 16.9. The Balaban J connectivity index is 1.40. The number of nitro benzene ring substituents is 1. The van der Waals surface area contributed by atoms with Gasteiger partial charge < -0.3 is 19.0 Å². The minimum atomic E-state index is -0.997. The smallest absolute Gasteiger partial charge is 0.335 e. The highest BCUT2D eigenvalue weighted by Crippen LogP contribution is 2.29. The maximum Gasteiger partial charge on any atom is 0.335 e.